The van der Waals surface area contributed by atoms with Gasteiger partial charge in [-0.05, 0) is 42.2 Å². The highest BCUT2D eigenvalue weighted by atomic mass is 16.4. The summed E-state index contributed by atoms with van der Waals surface area (Å²) in [5.41, 5.74) is 4.84. The summed E-state index contributed by atoms with van der Waals surface area (Å²) in [5, 5.41) is 13.4. The van der Waals surface area contributed by atoms with Gasteiger partial charge in [-0.15, -0.1) is 0 Å². The number of carboxylic acid groups (broad SMARTS) is 1. The number of hydrogen-bond donors (Lipinski definition) is 2. The zero-order valence-electron chi connectivity index (χ0n) is 20.0. The second kappa shape index (κ2) is 10.8. The molecule has 5 aromatic rings. The van der Waals surface area contributed by atoms with Crippen molar-refractivity contribution in [2.24, 2.45) is 0 Å². The largest absolute Gasteiger partial charge is 0.479 e. The number of para-hydroxylation sites is 1. The first-order chi connectivity index (χ1) is 18.1. The number of carboxylic acids is 1. The molecule has 0 spiro atoms. The van der Waals surface area contributed by atoms with Crippen molar-refractivity contribution in [2.45, 2.75) is 18.9 Å². The summed E-state index contributed by atoms with van der Waals surface area (Å²) < 4.78 is 0. The van der Waals surface area contributed by atoms with E-state index in [1.807, 2.05) is 78.9 Å². The van der Waals surface area contributed by atoms with Crippen molar-refractivity contribution >= 4 is 22.8 Å². The van der Waals surface area contributed by atoms with E-state index in [1.54, 1.807) is 30.5 Å². The molecule has 2 aromatic heterocycles. The van der Waals surface area contributed by atoms with E-state index in [9.17, 15) is 14.7 Å². The maximum Gasteiger partial charge on any atom is 0.330 e. The van der Waals surface area contributed by atoms with Gasteiger partial charge in [-0.3, -0.25) is 9.78 Å². The van der Waals surface area contributed by atoms with Crippen molar-refractivity contribution in [1.82, 2.24) is 15.3 Å². The number of pyridine rings is 2. The molecule has 1 amide bonds. The number of rotatable bonds is 8. The minimum absolute atomic E-state index is 0.433. The Bertz CT molecular complexity index is 1540. The van der Waals surface area contributed by atoms with E-state index in [0.29, 0.717) is 40.6 Å². The summed E-state index contributed by atoms with van der Waals surface area (Å²) in [5.74, 6) is -1.58. The van der Waals surface area contributed by atoms with Crippen LogP contribution in [0.2, 0.25) is 0 Å². The fourth-order valence-corrected chi connectivity index (χ4v) is 4.52. The topological polar surface area (TPSA) is 92.2 Å². The molecular formula is C31H25N3O3. The maximum atomic E-state index is 13.9. The van der Waals surface area contributed by atoms with Crippen LogP contribution >= 0.6 is 0 Å². The zero-order chi connectivity index (χ0) is 25.6. The van der Waals surface area contributed by atoms with Gasteiger partial charge in [0, 0.05) is 22.8 Å². The summed E-state index contributed by atoms with van der Waals surface area (Å²) in [6.07, 6.45) is 2.85. The Morgan fingerprint density at radius 2 is 1.46 bits per heavy atom. The van der Waals surface area contributed by atoms with E-state index in [0.717, 1.165) is 16.8 Å². The Hall–Kier alpha value is -4.84. The molecule has 1 atom stereocenters. The monoisotopic (exact) mass is 487 g/mol. The van der Waals surface area contributed by atoms with Gasteiger partial charge >= 0.3 is 5.97 Å². The van der Waals surface area contributed by atoms with Crippen molar-refractivity contribution in [3.05, 3.63) is 132 Å². The summed E-state index contributed by atoms with van der Waals surface area (Å²) in [6.45, 7) is 0. The van der Waals surface area contributed by atoms with E-state index in [1.165, 1.54) is 0 Å². The first kappa shape index (κ1) is 23.9. The zero-order valence-corrected chi connectivity index (χ0v) is 20.0. The number of nitrogens with zero attached hydrogens (tertiary/aromatic N) is 2. The van der Waals surface area contributed by atoms with E-state index in [-0.39, 0.29) is 0 Å². The Kier molecular flexibility index (Phi) is 6.99. The van der Waals surface area contributed by atoms with Gasteiger partial charge in [-0.1, -0.05) is 84.9 Å². The summed E-state index contributed by atoms with van der Waals surface area (Å²) >= 11 is 0. The number of amides is 1. The van der Waals surface area contributed by atoms with Gasteiger partial charge in [-0.25, -0.2) is 9.78 Å². The van der Waals surface area contributed by atoms with Crippen LogP contribution in [0.5, 0.6) is 0 Å². The predicted octanol–water partition coefficient (Wildman–Crippen LogP) is 5.64. The van der Waals surface area contributed by atoms with Crippen molar-refractivity contribution in [3.63, 3.8) is 0 Å². The number of aliphatic carboxylic acids is 1. The highest BCUT2D eigenvalue weighted by Gasteiger charge is 2.27. The third-order valence-electron chi connectivity index (χ3n) is 6.28. The fraction of sp³-hybridized carbons (Fsp3) is 0.0968. The molecule has 2 heterocycles. The molecule has 0 aliphatic carbocycles. The van der Waals surface area contributed by atoms with Crippen LogP contribution < -0.4 is 5.32 Å². The molecular weight excluding hydrogens is 462 g/mol. The van der Waals surface area contributed by atoms with Crippen LogP contribution in [-0.2, 0) is 17.6 Å². The van der Waals surface area contributed by atoms with Crippen LogP contribution in [0.3, 0.4) is 0 Å². The van der Waals surface area contributed by atoms with E-state index in [2.05, 4.69) is 10.3 Å². The lowest BCUT2D eigenvalue weighted by Gasteiger charge is -2.20. The number of benzene rings is 3. The van der Waals surface area contributed by atoms with Gasteiger partial charge in [0.15, 0.2) is 6.04 Å². The molecule has 3 aromatic carbocycles. The molecule has 0 saturated heterocycles. The van der Waals surface area contributed by atoms with Gasteiger partial charge in [0.1, 0.15) is 0 Å². The van der Waals surface area contributed by atoms with Crippen molar-refractivity contribution < 1.29 is 14.7 Å². The van der Waals surface area contributed by atoms with Gasteiger partial charge in [0.05, 0.1) is 16.8 Å². The maximum absolute atomic E-state index is 13.9. The second-order valence-corrected chi connectivity index (χ2v) is 8.67. The summed E-state index contributed by atoms with van der Waals surface area (Å²) in [7, 11) is 0. The Balaban J connectivity index is 1.66. The molecule has 6 heteroatoms. The van der Waals surface area contributed by atoms with Gasteiger partial charge < -0.3 is 10.4 Å². The van der Waals surface area contributed by atoms with Crippen LogP contribution in [0, 0.1) is 0 Å². The number of hydrogen-bond acceptors (Lipinski definition) is 4. The molecule has 0 saturated carbocycles. The van der Waals surface area contributed by atoms with Gasteiger partial charge in [0.2, 0.25) is 0 Å². The quantitative estimate of drug-likeness (QED) is 0.296. The van der Waals surface area contributed by atoms with Gasteiger partial charge in [-0.2, -0.15) is 0 Å². The van der Waals surface area contributed by atoms with Crippen LogP contribution in [0.4, 0.5) is 0 Å². The Morgan fingerprint density at radius 3 is 2.16 bits per heavy atom. The van der Waals surface area contributed by atoms with E-state index in [4.69, 9.17) is 4.98 Å². The van der Waals surface area contributed by atoms with Crippen LogP contribution in [0.1, 0.15) is 33.2 Å². The first-order valence-corrected chi connectivity index (χ1v) is 12.1. The molecule has 0 aliphatic rings. The molecule has 0 bridgehead atoms. The summed E-state index contributed by atoms with van der Waals surface area (Å²) in [4.78, 5) is 35.5. The van der Waals surface area contributed by atoms with E-state index >= 15 is 0 Å². The highest BCUT2D eigenvalue weighted by molar-refractivity contribution is 6.10. The number of aryl methyl sites for hydroxylation is 1. The van der Waals surface area contributed by atoms with Crippen molar-refractivity contribution in [1.29, 1.82) is 0 Å². The lowest BCUT2D eigenvalue weighted by Crippen LogP contribution is -2.34. The third-order valence-corrected chi connectivity index (χ3v) is 6.28. The van der Waals surface area contributed by atoms with Gasteiger partial charge in [0.25, 0.3) is 5.91 Å². The Labute approximate surface area is 214 Å². The number of fused-ring (bicyclic) bond motifs is 1. The van der Waals surface area contributed by atoms with E-state index < -0.39 is 17.9 Å². The molecule has 0 aliphatic heterocycles. The predicted molar refractivity (Wildman–Crippen MR) is 143 cm³/mol. The number of nitrogens with one attached hydrogen (secondary N) is 1. The molecule has 6 nitrogen and oxygen atoms in total. The van der Waals surface area contributed by atoms with Crippen molar-refractivity contribution in [2.75, 3.05) is 0 Å². The number of carbonyl (C=O) groups excluding carboxylic acids is 1. The standard InChI is InChI=1S/C31H25N3O3/c35-30(34-29(31(36)37)22-13-5-2-6-14-22)27-24-16-7-8-17-26(24)33-28(21-11-3-1-4-12-21)25(27)19-18-23-15-9-10-20-32-23/h1-17,20,29H,18-19H2,(H,34,35)(H,36,37). The van der Waals surface area contributed by atoms with Crippen molar-refractivity contribution in [3.8, 4) is 11.3 Å². The lowest BCUT2D eigenvalue weighted by molar-refractivity contribution is -0.139. The molecule has 0 fully saturated rings. The lowest BCUT2D eigenvalue weighted by atomic mass is 9.92. The highest BCUT2D eigenvalue weighted by Crippen LogP contribution is 2.32. The normalized spacial score (nSPS) is 11.7. The number of carbonyl (C=O) groups is 2. The SMILES string of the molecule is O=C(NC(C(=O)O)c1ccccc1)c1c(CCc2ccccn2)c(-c2ccccc2)nc2ccccc12. The van der Waals surface area contributed by atoms with Crippen LogP contribution in [0.25, 0.3) is 22.2 Å². The molecule has 182 valence electrons. The molecule has 5 rings (SSSR count). The molecule has 1 unspecified atom stereocenters. The van der Waals surface area contributed by atoms with Crippen LogP contribution in [-0.4, -0.2) is 27.0 Å². The first-order valence-electron chi connectivity index (χ1n) is 12.1. The second-order valence-electron chi connectivity index (χ2n) is 8.67. The molecule has 2 N–H and O–H groups in total. The fourth-order valence-electron chi connectivity index (χ4n) is 4.52. The minimum atomic E-state index is -1.19. The number of aromatic nitrogens is 2. The minimum Gasteiger partial charge on any atom is -0.479 e. The molecule has 0 radical (unpaired) electrons. The smallest absolute Gasteiger partial charge is 0.330 e. The average Bonchev–Trinajstić information content (AvgIpc) is 2.95. The van der Waals surface area contributed by atoms with Crippen LogP contribution in [0.15, 0.2) is 109 Å². The average molecular weight is 488 g/mol. The molecule has 37 heavy (non-hydrogen) atoms. The Morgan fingerprint density at radius 1 is 0.784 bits per heavy atom. The third kappa shape index (κ3) is 5.23. The summed E-state index contributed by atoms with van der Waals surface area (Å²) in [6, 6.07) is 30.5.